The van der Waals surface area contributed by atoms with Gasteiger partial charge < -0.3 is 20.6 Å². The maximum atomic E-state index is 12.3. The van der Waals surface area contributed by atoms with Gasteiger partial charge in [0.25, 0.3) is 0 Å². The van der Waals surface area contributed by atoms with Crippen LogP contribution in [0, 0.1) is 0 Å². The number of nitrogens with one attached hydrogen (secondary N) is 2. The lowest BCUT2D eigenvalue weighted by molar-refractivity contribution is -0.139. The molecule has 1 atom stereocenters. The van der Waals surface area contributed by atoms with Gasteiger partial charge >= 0.3 is 12.0 Å². The standard InChI is InChI=1S/C13H25N3O3S/c1-3-16(10-4-7-14-8-5-10)13(19)15-11(12(17)18)6-9-20-2/h10-11,14H,3-9H2,1-2H3,(H,15,19)(H,17,18). The summed E-state index contributed by atoms with van der Waals surface area (Å²) < 4.78 is 0. The van der Waals surface area contributed by atoms with Crippen LogP contribution in [0.4, 0.5) is 4.79 Å². The van der Waals surface area contributed by atoms with E-state index in [2.05, 4.69) is 10.6 Å². The van der Waals surface area contributed by atoms with Crippen molar-refractivity contribution in [3.8, 4) is 0 Å². The first-order chi connectivity index (χ1) is 9.60. The largest absolute Gasteiger partial charge is 0.480 e. The van der Waals surface area contributed by atoms with E-state index in [1.165, 1.54) is 0 Å². The average molecular weight is 303 g/mol. The summed E-state index contributed by atoms with van der Waals surface area (Å²) in [7, 11) is 0. The van der Waals surface area contributed by atoms with Crippen LogP contribution in [0.2, 0.25) is 0 Å². The quantitative estimate of drug-likeness (QED) is 0.653. The van der Waals surface area contributed by atoms with Crippen LogP contribution in [0.15, 0.2) is 0 Å². The molecule has 1 heterocycles. The Morgan fingerprint density at radius 3 is 2.60 bits per heavy atom. The van der Waals surface area contributed by atoms with Gasteiger partial charge in [0, 0.05) is 12.6 Å². The molecule has 1 fully saturated rings. The van der Waals surface area contributed by atoms with Gasteiger partial charge in [-0.15, -0.1) is 0 Å². The fraction of sp³-hybridized carbons (Fsp3) is 0.846. The molecule has 116 valence electrons. The van der Waals surface area contributed by atoms with Crippen molar-refractivity contribution in [2.75, 3.05) is 31.6 Å². The number of hydrogen-bond acceptors (Lipinski definition) is 4. The van der Waals surface area contributed by atoms with Crippen LogP contribution in [0.3, 0.4) is 0 Å². The Balaban J connectivity index is 2.57. The van der Waals surface area contributed by atoms with Crippen LogP contribution in [0.5, 0.6) is 0 Å². The highest BCUT2D eigenvalue weighted by Gasteiger charge is 2.27. The van der Waals surface area contributed by atoms with Gasteiger partial charge in [-0.05, 0) is 51.3 Å². The summed E-state index contributed by atoms with van der Waals surface area (Å²) in [6.45, 7) is 4.34. The van der Waals surface area contributed by atoms with Crippen LogP contribution in [-0.4, -0.2) is 65.7 Å². The molecule has 0 radical (unpaired) electrons. The number of aliphatic carboxylic acids is 1. The normalized spacial score (nSPS) is 17.5. The molecule has 1 aliphatic rings. The van der Waals surface area contributed by atoms with Gasteiger partial charge in [-0.2, -0.15) is 11.8 Å². The minimum Gasteiger partial charge on any atom is -0.480 e. The lowest BCUT2D eigenvalue weighted by Crippen LogP contribution is -2.53. The number of hydrogen-bond donors (Lipinski definition) is 3. The Hall–Kier alpha value is -0.950. The zero-order valence-electron chi connectivity index (χ0n) is 12.2. The van der Waals surface area contributed by atoms with E-state index in [4.69, 9.17) is 5.11 Å². The number of nitrogens with zero attached hydrogens (tertiary/aromatic N) is 1. The number of piperidine rings is 1. The lowest BCUT2D eigenvalue weighted by atomic mass is 10.1. The smallest absolute Gasteiger partial charge is 0.326 e. The lowest BCUT2D eigenvalue weighted by Gasteiger charge is -2.34. The zero-order chi connectivity index (χ0) is 15.0. The van der Waals surface area contributed by atoms with E-state index in [0.29, 0.717) is 13.0 Å². The van der Waals surface area contributed by atoms with E-state index in [-0.39, 0.29) is 12.1 Å². The van der Waals surface area contributed by atoms with Gasteiger partial charge in [-0.25, -0.2) is 9.59 Å². The van der Waals surface area contributed by atoms with Crippen molar-refractivity contribution < 1.29 is 14.7 Å². The Bertz CT molecular complexity index is 322. The van der Waals surface area contributed by atoms with Gasteiger partial charge in [0.15, 0.2) is 0 Å². The van der Waals surface area contributed by atoms with Crippen molar-refractivity contribution in [2.24, 2.45) is 0 Å². The molecule has 0 spiro atoms. The fourth-order valence-corrected chi connectivity index (χ4v) is 2.88. The Morgan fingerprint density at radius 2 is 2.10 bits per heavy atom. The number of carbonyl (C=O) groups is 2. The summed E-state index contributed by atoms with van der Waals surface area (Å²) in [6, 6.07) is -0.852. The summed E-state index contributed by atoms with van der Waals surface area (Å²) in [4.78, 5) is 25.2. The molecule has 0 saturated carbocycles. The van der Waals surface area contributed by atoms with Gasteiger partial charge in [0.1, 0.15) is 6.04 Å². The third-order valence-electron chi connectivity index (χ3n) is 3.56. The van der Waals surface area contributed by atoms with Crippen LogP contribution < -0.4 is 10.6 Å². The predicted molar refractivity (Wildman–Crippen MR) is 81.2 cm³/mol. The monoisotopic (exact) mass is 303 g/mol. The van der Waals surface area contributed by atoms with Crippen LogP contribution in [0.25, 0.3) is 0 Å². The molecule has 0 aromatic heterocycles. The second-order valence-electron chi connectivity index (χ2n) is 4.89. The third kappa shape index (κ3) is 5.20. The van der Waals surface area contributed by atoms with Crippen molar-refractivity contribution in [1.82, 2.24) is 15.5 Å². The second kappa shape index (κ2) is 9.07. The Kier molecular flexibility index (Phi) is 7.76. The fourth-order valence-electron chi connectivity index (χ4n) is 2.41. The molecule has 0 bridgehead atoms. The van der Waals surface area contributed by atoms with Crippen LogP contribution >= 0.6 is 11.8 Å². The molecule has 1 unspecified atom stereocenters. The van der Waals surface area contributed by atoms with Crippen molar-refractivity contribution in [1.29, 1.82) is 0 Å². The van der Waals surface area contributed by atoms with E-state index in [1.807, 2.05) is 13.2 Å². The molecule has 20 heavy (non-hydrogen) atoms. The number of carboxylic acids is 1. The molecule has 3 N–H and O–H groups in total. The highest BCUT2D eigenvalue weighted by atomic mass is 32.2. The predicted octanol–water partition coefficient (Wildman–Crippen LogP) is 0.976. The number of rotatable bonds is 7. The molecule has 0 aromatic carbocycles. The SMILES string of the molecule is CCN(C(=O)NC(CCSC)C(=O)O)C1CCNCC1. The number of urea groups is 1. The molecule has 0 aliphatic carbocycles. The van der Waals surface area contributed by atoms with Gasteiger partial charge in [-0.3, -0.25) is 0 Å². The average Bonchev–Trinajstić information content (AvgIpc) is 2.45. The second-order valence-corrected chi connectivity index (χ2v) is 5.87. The van der Waals surface area contributed by atoms with Crippen molar-refractivity contribution in [2.45, 2.75) is 38.3 Å². The summed E-state index contributed by atoms with van der Waals surface area (Å²) in [5.41, 5.74) is 0. The molecule has 7 heteroatoms. The molecular weight excluding hydrogens is 278 g/mol. The zero-order valence-corrected chi connectivity index (χ0v) is 13.0. The Labute approximate surface area is 124 Å². The molecule has 1 saturated heterocycles. The summed E-state index contributed by atoms with van der Waals surface area (Å²) in [6.07, 6.45) is 4.22. The first kappa shape index (κ1) is 17.1. The molecule has 2 amide bonds. The molecule has 1 rings (SSSR count). The molecular formula is C13H25N3O3S. The molecule has 6 nitrogen and oxygen atoms in total. The van der Waals surface area contributed by atoms with E-state index in [1.54, 1.807) is 16.7 Å². The maximum Gasteiger partial charge on any atom is 0.326 e. The number of amides is 2. The molecule has 0 aromatic rings. The van der Waals surface area contributed by atoms with E-state index in [0.717, 1.165) is 31.7 Å². The minimum absolute atomic E-state index is 0.205. The summed E-state index contributed by atoms with van der Waals surface area (Å²) in [5, 5.41) is 15.1. The highest BCUT2D eigenvalue weighted by molar-refractivity contribution is 7.98. The van der Waals surface area contributed by atoms with E-state index in [9.17, 15) is 9.59 Å². The third-order valence-corrected chi connectivity index (χ3v) is 4.20. The van der Waals surface area contributed by atoms with Crippen molar-refractivity contribution >= 4 is 23.8 Å². The molecule has 1 aliphatic heterocycles. The van der Waals surface area contributed by atoms with Crippen LogP contribution in [0.1, 0.15) is 26.2 Å². The summed E-state index contributed by atoms with van der Waals surface area (Å²) >= 11 is 1.58. The first-order valence-electron chi connectivity index (χ1n) is 7.09. The van der Waals surface area contributed by atoms with Gasteiger partial charge in [0.2, 0.25) is 0 Å². The van der Waals surface area contributed by atoms with Crippen LogP contribution in [-0.2, 0) is 4.79 Å². The Morgan fingerprint density at radius 1 is 1.45 bits per heavy atom. The van der Waals surface area contributed by atoms with Crippen molar-refractivity contribution in [3.63, 3.8) is 0 Å². The number of carbonyl (C=O) groups excluding carboxylic acids is 1. The van der Waals surface area contributed by atoms with Gasteiger partial charge in [-0.1, -0.05) is 0 Å². The first-order valence-corrected chi connectivity index (χ1v) is 8.49. The highest BCUT2D eigenvalue weighted by Crippen LogP contribution is 2.12. The van der Waals surface area contributed by atoms with Gasteiger partial charge in [0.05, 0.1) is 0 Å². The minimum atomic E-state index is -0.964. The van der Waals surface area contributed by atoms with E-state index < -0.39 is 12.0 Å². The summed E-state index contributed by atoms with van der Waals surface area (Å²) in [5.74, 6) is -0.245. The topological polar surface area (TPSA) is 81.7 Å². The van der Waals surface area contributed by atoms with E-state index >= 15 is 0 Å². The number of thioether (sulfide) groups is 1. The maximum absolute atomic E-state index is 12.3. The number of carboxylic acid groups (broad SMARTS) is 1. The van der Waals surface area contributed by atoms with Crippen molar-refractivity contribution in [3.05, 3.63) is 0 Å².